The predicted octanol–water partition coefficient (Wildman–Crippen LogP) is 2.89. The number of thiazole rings is 1. The minimum atomic E-state index is 0.653. The molecule has 2 rings (SSSR count). The number of aromatic nitrogens is 1. The number of methoxy groups -OCH3 is 1. The van der Waals surface area contributed by atoms with Crippen LogP contribution in [0.25, 0.3) is 0 Å². The van der Waals surface area contributed by atoms with Crippen LogP contribution in [0.15, 0.2) is 24.3 Å². The second-order valence-electron chi connectivity index (χ2n) is 3.80. The van der Waals surface area contributed by atoms with E-state index in [9.17, 15) is 0 Å². The first-order valence-electron chi connectivity index (χ1n) is 5.60. The number of ether oxygens (including phenoxy) is 1. The molecule has 1 heterocycles. The van der Waals surface area contributed by atoms with Gasteiger partial charge in [0, 0.05) is 11.3 Å². The number of hydrogen-bond donors (Lipinski definition) is 1. The Hall–Kier alpha value is -1.55. The number of nitrogen functional groups attached to an aromatic ring is 1. The first-order chi connectivity index (χ1) is 8.22. The molecule has 4 heteroatoms. The van der Waals surface area contributed by atoms with Gasteiger partial charge < -0.3 is 10.5 Å². The summed E-state index contributed by atoms with van der Waals surface area (Å²) in [6.45, 7) is 2.10. The molecule has 0 fully saturated rings. The highest BCUT2D eigenvalue weighted by molar-refractivity contribution is 7.15. The zero-order valence-corrected chi connectivity index (χ0v) is 10.9. The lowest BCUT2D eigenvalue weighted by molar-refractivity contribution is 0.414. The maximum Gasteiger partial charge on any atom is 0.180 e. The average molecular weight is 248 g/mol. The Bertz CT molecular complexity index is 508. The van der Waals surface area contributed by atoms with Crippen molar-refractivity contribution in [3.8, 4) is 5.75 Å². The number of hydrogen-bond acceptors (Lipinski definition) is 4. The van der Waals surface area contributed by atoms with Gasteiger partial charge in [0.15, 0.2) is 5.13 Å². The van der Waals surface area contributed by atoms with Crippen molar-refractivity contribution < 1.29 is 4.74 Å². The van der Waals surface area contributed by atoms with E-state index in [1.165, 1.54) is 10.4 Å². The van der Waals surface area contributed by atoms with Crippen LogP contribution in [-0.4, -0.2) is 12.1 Å². The Labute approximate surface area is 105 Å². The van der Waals surface area contributed by atoms with Gasteiger partial charge in [0.25, 0.3) is 0 Å². The number of nitrogens with two attached hydrogens (primary N) is 1. The lowest BCUT2D eigenvalue weighted by Crippen LogP contribution is -1.92. The van der Waals surface area contributed by atoms with Gasteiger partial charge in [-0.15, -0.1) is 11.3 Å². The van der Waals surface area contributed by atoms with E-state index in [2.05, 4.69) is 24.0 Å². The van der Waals surface area contributed by atoms with Crippen molar-refractivity contribution in [3.63, 3.8) is 0 Å². The quantitative estimate of drug-likeness (QED) is 0.905. The van der Waals surface area contributed by atoms with E-state index in [1.54, 1.807) is 18.4 Å². The molecule has 1 aromatic heterocycles. The highest BCUT2D eigenvalue weighted by Crippen LogP contribution is 2.25. The molecule has 0 aliphatic heterocycles. The van der Waals surface area contributed by atoms with Crippen molar-refractivity contribution in [2.45, 2.75) is 19.8 Å². The van der Waals surface area contributed by atoms with Crippen LogP contribution < -0.4 is 10.5 Å². The molecular formula is C13H16N2OS. The summed E-state index contributed by atoms with van der Waals surface area (Å²) in [6, 6.07) is 8.10. The molecule has 3 nitrogen and oxygen atoms in total. The van der Waals surface area contributed by atoms with Gasteiger partial charge in [0.05, 0.1) is 12.8 Å². The second-order valence-corrected chi connectivity index (χ2v) is 4.92. The largest absolute Gasteiger partial charge is 0.497 e. The van der Waals surface area contributed by atoms with E-state index >= 15 is 0 Å². The van der Waals surface area contributed by atoms with E-state index in [4.69, 9.17) is 10.5 Å². The van der Waals surface area contributed by atoms with Crippen molar-refractivity contribution in [3.05, 3.63) is 40.4 Å². The van der Waals surface area contributed by atoms with Crippen LogP contribution >= 0.6 is 11.3 Å². The maximum atomic E-state index is 5.75. The Morgan fingerprint density at radius 1 is 1.41 bits per heavy atom. The van der Waals surface area contributed by atoms with Gasteiger partial charge in [-0.2, -0.15) is 0 Å². The number of anilines is 1. The summed E-state index contributed by atoms with van der Waals surface area (Å²) >= 11 is 1.57. The number of rotatable bonds is 4. The molecule has 0 radical (unpaired) electrons. The second kappa shape index (κ2) is 5.19. The third-order valence-corrected chi connectivity index (χ3v) is 3.56. The molecule has 0 bridgehead atoms. The molecule has 0 aliphatic carbocycles. The smallest absolute Gasteiger partial charge is 0.180 e. The normalized spacial score (nSPS) is 10.5. The van der Waals surface area contributed by atoms with E-state index in [0.29, 0.717) is 5.13 Å². The molecule has 17 heavy (non-hydrogen) atoms. The molecule has 0 unspecified atom stereocenters. The van der Waals surface area contributed by atoms with E-state index in [-0.39, 0.29) is 0 Å². The lowest BCUT2D eigenvalue weighted by atomic mass is 10.1. The van der Waals surface area contributed by atoms with Crippen LogP contribution in [0.4, 0.5) is 5.13 Å². The van der Waals surface area contributed by atoms with Crippen molar-refractivity contribution in [2.24, 2.45) is 0 Å². The van der Waals surface area contributed by atoms with E-state index in [0.717, 1.165) is 24.3 Å². The Balaban J connectivity index is 2.24. The molecule has 1 aromatic carbocycles. The highest BCUT2D eigenvalue weighted by Gasteiger charge is 2.08. The molecule has 0 aliphatic rings. The van der Waals surface area contributed by atoms with Crippen LogP contribution in [0.5, 0.6) is 5.75 Å². The van der Waals surface area contributed by atoms with Gasteiger partial charge in [-0.1, -0.05) is 19.1 Å². The predicted molar refractivity (Wildman–Crippen MR) is 71.7 cm³/mol. The minimum Gasteiger partial charge on any atom is -0.497 e. The Morgan fingerprint density at radius 3 is 2.94 bits per heavy atom. The Kier molecular flexibility index (Phi) is 3.64. The molecule has 0 spiro atoms. The molecule has 0 saturated heterocycles. The molecule has 2 aromatic rings. The average Bonchev–Trinajstić information content (AvgIpc) is 2.69. The summed E-state index contributed by atoms with van der Waals surface area (Å²) in [6.07, 6.45) is 1.79. The fraction of sp³-hybridized carbons (Fsp3) is 0.308. The summed E-state index contributed by atoms with van der Waals surface area (Å²) in [5, 5.41) is 0.653. The zero-order valence-electron chi connectivity index (χ0n) is 10.1. The van der Waals surface area contributed by atoms with Gasteiger partial charge in [-0.05, 0) is 24.1 Å². The standard InChI is InChI=1S/C13H16N2OS/c1-3-11-12(17-13(14)15-11)8-9-5-4-6-10(7-9)16-2/h4-7H,3,8H2,1-2H3,(H2,14,15). The van der Waals surface area contributed by atoms with Gasteiger partial charge in [0.1, 0.15) is 5.75 Å². The van der Waals surface area contributed by atoms with E-state index in [1.807, 2.05) is 12.1 Å². The summed E-state index contributed by atoms with van der Waals surface area (Å²) in [7, 11) is 1.68. The van der Waals surface area contributed by atoms with E-state index < -0.39 is 0 Å². The van der Waals surface area contributed by atoms with Crippen molar-refractivity contribution in [1.29, 1.82) is 0 Å². The van der Waals surface area contributed by atoms with Crippen LogP contribution in [0.2, 0.25) is 0 Å². The fourth-order valence-electron chi connectivity index (χ4n) is 1.79. The van der Waals surface area contributed by atoms with Crippen molar-refractivity contribution in [1.82, 2.24) is 4.98 Å². The molecule has 2 N–H and O–H groups in total. The number of benzene rings is 1. The number of nitrogens with zero attached hydrogens (tertiary/aromatic N) is 1. The monoisotopic (exact) mass is 248 g/mol. The van der Waals surface area contributed by atoms with Gasteiger partial charge in [-0.3, -0.25) is 0 Å². The Morgan fingerprint density at radius 2 is 2.24 bits per heavy atom. The maximum absolute atomic E-state index is 5.75. The molecule has 90 valence electrons. The lowest BCUT2D eigenvalue weighted by Gasteiger charge is -2.04. The zero-order chi connectivity index (χ0) is 12.3. The summed E-state index contributed by atoms with van der Waals surface area (Å²) in [5.41, 5.74) is 8.08. The summed E-state index contributed by atoms with van der Waals surface area (Å²) < 4.78 is 5.22. The first-order valence-corrected chi connectivity index (χ1v) is 6.41. The molecular weight excluding hydrogens is 232 g/mol. The van der Waals surface area contributed by atoms with Crippen molar-refractivity contribution >= 4 is 16.5 Å². The van der Waals surface area contributed by atoms with Gasteiger partial charge in [-0.25, -0.2) is 4.98 Å². The third kappa shape index (κ3) is 2.77. The van der Waals surface area contributed by atoms with Crippen LogP contribution in [0.1, 0.15) is 23.1 Å². The van der Waals surface area contributed by atoms with Crippen molar-refractivity contribution in [2.75, 3.05) is 12.8 Å². The SMILES string of the molecule is CCc1nc(N)sc1Cc1cccc(OC)c1. The molecule has 0 amide bonds. The summed E-state index contributed by atoms with van der Waals surface area (Å²) in [4.78, 5) is 5.58. The topological polar surface area (TPSA) is 48.1 Å². The third-order valence-electron chi connectivity index (χ3n) is 2.63. The summed E-state index contributed by atoms with van der Waals surface area (Å²) in [5.74, 6) is 0.887. The molecule has 0 saturated carbocycles. The molecule has 0 atom stereocenters. The van der Waals surface area contributed by atoms with Gasteiger partial charge >= 0.3 is 0 Å². The highest BCUT2D eigenvalue weighted by atomic mass is 32.1. The fourth-order valence-corrected chi connectivity index (χ4v) is 2.74. The van der Waals surface area contributed by atoms with Gasteiger partial charge in [0.2, 0.25) is 0 Å². The number of aryl methyl sites for hydroxylation is 1. The van der Waals surface area contributed by atoms with Crippen LogP contribution in [0.3, 0.4) is 0 Å². The first kappa shape index (κ1) is 11.9. The van der Waals surface area contributed by atoms with Crippen LogP contribution in [-0.2, 0) is 12.8 Å². The minimum absolute atomic E-state index is 0.653. The van der Waals surface area contributed by atoms with Crippen LogP contribution in [0, 0.1) is 0 Å².